The third-order valence-corrected chi connectivity index (χ3v) is 3.29. The highest BCUT2D eigenvalue weighted by Gasteiger charge is 2.06. The SMILES string of the molecule is Cc1ccc(N=C(N)NN=C(c2ccc(C=O)cc2)N(C)C)cc1. The topological polar surface area (TPSA) is 83.1 Å². The Labute approximate surface area is 141 Å². The number of rotatable bonds is 4. The molecule has 6 heteroatoms. The zero-order valence-corrected chi connectivity index (χ0v) is 14.0. The molecular formula is C18H21N5O. The summed E-state index contributed by atoms with van der Waals surface area (Å²) >= 11 is 0. The van der Waals surface area contributed by atoms with Gasteiger partial charge in [-0.15, -0.1) is 0 Å². The molecule has 24 heavy (non-hydrogen) atoms. The van der Waals surface area contributed by atoms with E-state index in [1.54, 1.807) is 12.1 Å². The Bertz CT molecular complexity index is 746. The number of guanidine groups is 1. The Hall–Kier alpha value is -3.15. The zero-order chi connectivity index (χ0) is 17.5. The van der Waals surface area contributed by atoms with Crippen molar-refractivity contribution in [2.45, 2.75) is 6.92 Å². The van der Waals surface area contributed by atoms with Gasteiger partial charge in [0.15, 0.2) is 5.84 Å². The van der Waals surface area contributed by atoms with Crippen LogP contribution in [0, 0.1) is 6.92 Å². The molecule has 0 unspecified atom stereocenters. The van der Waals surface area contributed by atoms with Crippen LogP contribution in [0.4, 0.5) is 5.69 Å². The minimum atomic E-state index is 0.197. The molecule has 0 spiro atoms. The Morgan fingerprint density at radius 3 is 2.25 bits per heavy atom. The number of benzene rings is 2. The summed E-state index contributed by atoms with van der Waals surface area (Å²) in [7, 11) is 3.75. The minimum absolute atomic E-state index is 0.197. The van der Waals surface area contributed by atoms with Crippen LogP contribution in [0.2, 0.25) is 0 Å². The Morgan fingerprint density at radius 1 is 1.08 bits per heavy atom. The van der Waals surface area contributed by atoms with Crippen molar-refractivity contribution < 1.29 is 4.79 Å². The van der Waals surface area contributed by atoms with Gasteiger partial charge in [0.25, 0.3) is 0 Å². The lowest BCUT2D eigenvalue weighted by Crippen LogP contribution is -2.32. The lowest BCUT2D eigenvalue weighted by Gasteiger charge is -2.16. The normalized spacial score (nSPS) is 12.0. The smallest absolute Gasteiger partial charge is 0.214 e. The van der Waals surface area contributed by atoms with Gasteiger partial charge in [-0.3, -0.25) is 4.79 Å². The molecule has 3 N–H and O–H groups in total. The predicted molar refractivity (Wildman–Crippen MR) is 97.7 cm³/mol. The summed E-state index contributed by atoms with van der Waals surface area (Å²) in [6.45, 7) is 2.01. The molecule has 0 aliphatic carbocycles. The average molecular weight is 323 g/mol. The molecule has 0 amide bonds. The lowest BCUT2D eigenvalue weighted by molar-refractivity contribution is 0.112. The van der Waals surface area contributed by atoms with Crippen LogP contribution < -0.4 is 11.2 Å². The number of amidine groups is 1. The van der Waals surface area contributed by atoms with Crippen LogP contribution in [-0.4, -0.2) is 37.1 Å². The fourth-order valence-corrected chi connectivity index (χ4v) is 2.03. The Balaban J connectivity index is 2.18. The predicted octanol–water partition coefficient (Wildman–Crippen LogP) is 2.27. The largest absolute Gasteiger partial charge is 0.368 e. The van der Waals surface area contributed by atoms with Gasteiger partial charge in [-0.05, 0) is 19.1 Å². The lowest BCUT2D eigenvalue weighted by atomic mass is 10.1. The molecule has 2 rings (SSSR count). The fourth-order valence-electron chi connectivity index (χ4n) is 2.03. The minimum Gasteiger partial charge on any atom is -0.368 e. The van der Waals surface area contributed by atoms with Crippen LogP contribution in [0.15, 0.2) is 58.6 Å². The van der Waals surface area contributed by atoms with E-state index in [1.807, 2.05) is 62.3 Å². The molecule has 0 heterocycles. The highest BCUT2D eigenvalue weighted by atomic mass is 16.1. The second-order valence-corrected chi connectivity index (χ2v) is 5.51. The van der Waals surface area contributed by atoms with Crippen molar-refractivity contribution in [2.24, 2.45) is 15.8 Å². The van der Waals surface area contributed by atoms with Crippen molar-refractivity contribution >= 4 is 23.8 Å². The van der Waals surface area contributed by atoms with Crippen molar-refractivity contribution in [1.29, 1.82) is 0 Å². The maximum absolute atomic E-state index is 10.7. The highest BCUT2D eigenvalue weighted by molar-refractivity contribution is 5.99. The van der Waals surface area contributed by atoms with Crippen LogP contribution in [-0.2, 0) is 0 Å². The first kappa shape index (κ1) is 17.2. The quantitative estimate of drug-likeness (QED) is 0.391. The van der Waals surface area contributed by atoms with Gasteiger partial charge in [0, 0.05) is 25.2 Å². The first-order valence-electron chi connectivity index (χ1n) is 7.47. The van der Waals surface area contributed by atoms with E-state index in [9.17, 15) is 4.79 Å². The van der Waals surface area contributed by atoms with E-state index >= 15 is 0 Å². The number of nitrogens with one attached hydrogen (secondary N) is 1. The number of hydrogen-bond acceptors (Lipinski definition) is 3. The maximum atomic E-state index is 10.7. The fraction of sp³-hybridized carbons (Fsp3) is 0.167. The van der Waals surface area contributed by atoms with Gasteiger partial charge < -0.3 is 10.6 Å². The highest BCUT2D eigenvalue weighted by Crippen LogP contribution is 2.12. The second kappa shape index (κ2) is 7.92. The van der Waals surface area contributed by atoms with Gasteiger partial charge >= 0.3 is 0 Å². The number of nitrogens with zero attached hydrogens (tertiary/aromatic N) is 3. The van der Waals surface area contributed by atoms with Gasteiger partial charge in [-0.25, -0.2) is 10.4 Å². The van der Waals surface area contributed by atoms with Gasteiger partial charge in [0.1, 0.15) is 6.29 Å². The van der Waals surface area contributed by atoms with Crippen molar-refractivity contribution in [2.75, 3.05) is 14.1 Å². The van der Waals surface area contributed by atoms with Gasteiger partial charge in [-0.2, -0.15) is 5.10 Å². The summed E-state index contributed by atoms with van der Waals surface area (Å²) in [4.78, 5) is 16.9. The second-order valence-electron chi connectivity index (χ2n) is 5.51. The molecule has 0 saturated carbocycles. The van der Waals surface area contributed by atoms with Gasteiger partial charge in [0.2, 0.25) is 5.96 Å². The van der Waals surface area contributed by atoms with Crippen molar-refractivity contribution in [3.05, 3.63) is 65.2 Å². The molecule has 0 saturated heterocycles. The Kier molecular flexibility index (Phi) is 5.68. The molecule has 6 nitrogen and oxygen atoms in total. The van der Waals surface area contributed by atoms with Crippen molar-refractivity contribution in [1.82, 2.24) is 10.3 Å². The van der Waals surface area contributed by atoms with E-state index in [2.05, 4.69) is 15.5 Å². The van der Waals surface area contributed by atoms with Crippen LogP contribution in [0.25, 0.3) is 0 Å². The summed E-state index contributed by atoms with van der Waals surface area (Å²) in [5, 5.41) is 4.31. The third kappa shape index (κ3) is 4.67. The Morgan fingerprint density at radius 2 is 1.71 bits per heavy atom. The molecule has 124 valence electrons. The van der Waals surface area contributed by atoms with Crippen molar-refractivity contribution in [3.8, 4) is 0 Å². The molecule has 0 bridgehead atoms. The van der Waals surface area contributed by atoms with Gasteiger partial charge in [0.05, 0.1) is 5.69 Å². The maximum Gasteiger partial charge on any atom is 0.214 e. The van der Waals surface area contributed by atoms with Gasteiger partial charge in [-0.1, -0.05) is 42.0 Å². The summed E-state index contributed by atoms with van der Waals surface area (Å²) in [6, 6.07) is 14.9. The van der Waals surface area contributed by atoms with Crippen LogP contribution in [0.5, 0.6) is 0 Å². The number of aliphatic imine (C=N–C) groups is 1. The summed E-state index contributed by atoms with van der Waals surface area (Å²) < 4.78 is 0. The molecule has 0 radical (unpaired) electrons. The number of aldehydes is 1. The first-order chi connectivity index (χ1) is 11.5. The number of aryl methyl sites for hydroxylation is 1. The van der Waals surface area contributed by atoms with E-state index < -0.39 is 0 Å². The third-order valence-electron chi connectivity index (χ3n) is 3.29. The van der Waals surface area contributed by atoms with E-state index in [-0.39, 0.29) is 5.96 Å². The van der Waals surface area contributed by atoms with Crippen LogP contribution >= 0.6 is 0 Å². The van der Waals surface area contributed by atoms with Crippen LogP contribution in [0.1, 0.15) is 21.5 Å². The molecule has 0 atom stereocenters. The van der Waals surface area contributed by atoms with Crippen molar-refractivity contribution in [3.63, 3.8) is 0 Å². The van der Waals surface area contributed by atoms with E-state index in [1.165, 1.54) is 0 Å². The summed E-state index contributed by atoms with van der Waals surface area (Å²) in [6.07, 6.45) is 0.806. The molecule has 0 aliphatic heterocycles. The molecule has 0 aromatic heterocycles. The first-order valence-corrected chi connectivity index (χ1v) is 7.47. The molecule has 0 fully saturated rings. The number of hydrazone groups is 1. The number of nitrogens with two attached hydrogens (primary N) is 1. The molecule has 2 aromatic rings. The summed E-state index contributed by atoms with van der Waals surface area (Å²) in [5.74, 6) is 0.872. The average Bonchev–Trinajstić information content (AvgIpc) is 2.57. The van der Waals surface area contributed by atoms with E-state index in [0.29, 0.717) is 11.4 Å². The molecule has 0 aliphatic rings. The van der Waals surface area contributed by atoms with E-state index in [0.717, 1.165) is 23.1 Å². The van der Waals surface area contributed by atoms with Crippen LogP contribution in [0.3, 0.4) is 0 Å². The number of carbonyl (C=O) groups excluding carboxylic acids is 1. The molecule has 2 aromatic carbocycles. The number of carbonyl (C=O) groups is 1. The summed E-state index contributed by atoms with van der Waals surface area (Å²) in [5.41, 5.74) is 12.0. The molecular weight excluding hydrogens is 302 g/mol. The zero-order valence-electron chi connectivity index (χ0n) is 14.0. The standard InChI is InChI=1S/C18H21N5O/c1-13-4-10-16(11-5-13)20-18(19)22-21-17(23(2)3)15-8-6-14(12-24)7-9-15/h4-12H,1-3H3,(H3,19,20,22). The van der Waals surface area contributed by atoms with E-state index in [4.69, 9.17) is 5.73 Å². The number of hydrogen-bond donors (Lipinski definition) is 2. The monoisotopic (exact) mass is 323 g/mol.